The monoisotopic (exact) mass is 182 g/mol. The van der Waals surface area contributed by atoms with Crippen molar-refractivity contribution >= 4 is 0 Å². The van der Waals surface area contributed by atoms with Gasteiger partial charge in [0.25, 0.3) is 0 Å². The summed E-state index contributed by atoms with van der Waals surface area (Å²) in [6.07, 6.45) is 14.1. The van der Waals surface area contributed by atoms with Crippen LogP contribution in [0.3, 0.4) is 0 Å². The molecule has 0 aromatic heterocycles. The molecule has 0 aliphatic heterocycles. The van der Waals surface area contributed by atoms with Crippen LogP contribution in [0.1, 0.15) is 65.7 Å². The molecule has 1 rings (SSSR count). The second-order valence-electron chi connectivity index (χ2n) is 3.87. The summed E-state index contributed by atoms with van der Waals surface area (Å²) < 4.78 is 0. The van der Waals surface area contributed by atoms with Crippen LogP contribution in [-0.4, -0.2) is 0 Å². The summed E-state index contributed by atoms with van der Waals surface area (Å²) in [5.41, 5.74) is 0. The van der Waals surface area contributed by atoms with Gasteiger partial charge in [0.2, 0.25) is 0 Å². The van der Waals surface area contributed by atoms with E-state index in [4.69, 9.17) is 0 Å². The van der Waals surface area contributed by atoms with Gasteiger partial charge in [0.15, 0.2) is 0 Å². The summed E-state index contributed by atoms with van der Waals surface area (Å²) in [5.74, 6) is 1.12. The third kappa shape index (κ3) is 8.08. The van der Waals surface area contributed by atoms with Crippen molar-refractivity contribution in [1.29, 1.82) is 0 Å². The van der Waals surface area contributed by atoms with E-state index in [9.17, 15) is 0 Å². The zero-order valence-electron chi connectivity index (χ0n) is 9.68. The smallest absolute Gasteiger partial charge is 0.0353 e. The minimum Gasteiger partial charge on any atom is -0.0888 e. The number of unbranched alkanes of at least 4 members (excludes halogenated alkanes) is 1. The van der Waals surface area contributed by atoms with Gasteiger partial charge >= 0.3 is 0 Å². The Kier molecular flexibility index (Phi) is 9.63. The summed E-state index contributed by atoms with van der Waals surface area (Å²) in [6.45, 7) is 6.63. The first-order valence-corrected chi connectivity index (χ1v) is 6.00. The maximum Gasteiger partial charge on any atom is -0.0353 e. The fourth-order valence-corrected chi connectivity index (χ4v) is 1.35. The zero-order chi connectivity index (χ0) is 9.94. The number of hydrogen-bond donors (Lipinski definition) is 0. The van der Waals surface area contributed by atoms with Gasteiger partial charge in [-0.3, -0.25) is 0 Å². The topological polar surface area (TPSA) is 0 Å². The van der Waals surface area contributed by atoms with Crippen molar-refractivity contribution in [2.75, 3.05) is 0 Å². The maximum atomic E-state index is 2.28. The van der Waals surface area contributed by atoms with Gasteiger partial charge in [-0.1, -0.05) is 65.0 Å². The molecule has 0 bridgehead atoms. The Bertz CT molecular complexity index is 106. The van der Waals surface area contributed by atoms with Crippen molar-refractivity contribution in [1.82, 2.24) is 0 Å². The van der Waals surface area contributed by atoms with Crippen LogP contribution in [0.4, 0.5) is 0 Å². The molecule has 0 heteroatoms. The lowest BCUT2D eigenvalue weighted by Crippen LogP contribution is -2.08. The summed E-state index contributed by atoms with van der Waals surface area (Å²) in [5, 5.41) is 0. The summed E-state index contributed by atoms with van der Waals surface area (Å²) >= 11 is 0. The standard InChI is InChI=1S/C7H14.C6H12/c1-3-5-7-6-4-2;1-2-6-4-3-5-6/h5,7H,3-4,6H2,1-2H3;6H,2-5H2,1H3/b7-5-;. The molecule has 0 heterocycles. The van der Waals surface area contributed by atoms with Gasteiger partial charge in [0, 0.05) is 0 Å². The van der Waals surface area contributed by atoms with Crippen molar-refractivity contribution in [3.05, 3.63) is 12.2 Å². The van der Waals surface area contributed by atoms with Crippen molar-refractivity contribution in [3.8, 4) is 0 Å². The van der Waals surface area contributed by atoms with Gasteiger partial charge < -0.3 is 0 Å². The normalized spacial score (nSPS) is 16.5. The minimum atomic E-state index is 1.12. The SMILES string of the molecule is CC/C=C\CCC.CCC1CCC1. The molecule has 13 heavy (non-hydrogen) atoms. The molecule has 1 aliphatic carbocycles. The van der Waals surface area contributed by atoms with Gasteiger partial charge in [-0.15, -0.1) is 0 Å². The highest BCUT2D eigenvalue weighted by Crippen LogP contribution is 2.28. The van der Waals surface area contributed by atoms with E-state index in [0.717, 1.165) is 5.92 Å². The Balaban J connectivity index is 0.000000223. The number of hydrogen-bond acceptors (Lipinski definition) is 0. The highest BCUT2D eigenvalue weighted by atomic mass is 14.2. The Morgan fingerprint density at radius 3 is 2.00 bits per heavy atom. The van der Waals surface area contributed by atoms with E-state index in [0.29, 0.717) is 0 Å². The molecule has 0 atom stereocenters. The Labute approximate surface area is 84.4 Å². The lowest BCUT2D eigenvalue weighted by atomic mass is 9.84. The van der Waals surface area contributed by atoms with E-state index < -0.39 is 0 Å². The van der Waals surface area contributed by atoms with Crippen LogP contribution in [-0.2, 0) is 0 Å². The molecule has 1 saturated carbocycles. The van der Waals surface area contributed by atoms with E-state index in [-0.39, 0.29) is 0 Å². The van der Waals surface area contributed by atoms with Crippen molar-refractivity contribution in [2.45, 2.75) is 65.7 Å². The molecular weight excluding hydrogens is 156 g/mol. The number of rotatable bonds is 4. The van der Waals surface area contributed by atoms with Crippen LogP contribution in [0.25, 0.3) is 0 Å². The van der Waals surface area contributed by atoms with Gasteiger partial charge in [0.1, 0.15) is 0 Å². The molecule has 0 radical (unpaired) electrons. The second-order valence-corrected chi connectivity index (χ2v) is 3.87. The van der Waals surface area contributed by atoms with Crippen LogP contribution < -0.4 is 0 Å². The van der Waals surface area contributed by atoms with E-state index in [2.05, 4.69) is 32.9 Å². The van der Waals surface area contributed by atoms with Crippen LogP contribution in [0.2, 0.25) is 0 Å². The predicted molar refractivity (Wildman–Crippen MR) is 62.0 cm³/mol. The van der Waals surface area contributed by atoms with Gasteiger partial charge in [-0.2, -0.15) is 0 Å². The summed E-state index contributed by atoms with van der Waals surface area (Å²) in [6, 6.07) is 0. The van der Waals surface area contributed by atoms with Gasteiger partial charge in [-0.05, 0) is 18.8 Å². The Morgan fingerprint density at radius 2 is 1.77 bits per heavy atom. The summed E-state index contributed by atoms with van der Waals surface area (Å²) in [4.78, 5) is 0. The molecule has 0 N–H and O–H groups in total. The van der Waals surface area contributed by atoms with Gasteiger partial charge in [0.05, 0.1) is 0 Å². The van der Waals surface area contributed by atoms with E-state index >= 15 is 0 Å². The maximum absolute atomic E-state index is 2.28. The summed E-state index contributed by atoms with van der Waals surface area (Å²) in [7, 11) is 0. The molecule has 0 nitrogen and oxygen atoms in total. The minimum absolute atomic E-state index is 1.12. The zero-order valence-corrected chi connectivity index (χ0v) is 9.68. The predicted octanol–water partition coefficient (Wildman–Crippen LogP) is 4.95. The first kappa shape index (κ1) is 12.7. The molecule has 0 saturated heterocycles. The highest BCUT2D eigenvalue weighted by Gasteiger charge is 2.13. The third-order valence-corrected chi connectivity index (χ3v) is 2.66. The molecule has 0 aromatic carbocycles. The molecule has 78 valence electrons. The Morgan fingerprint density at radius 1 is 1.08 bits per heavy atom. The molecule has 0 aromatic rings. The van der Waals surface area contributed by atoms with Crippen LogP contribution in [0.15, 0.2) is 12.2 Å². The average molecular weight is 182 g/mol. The second kappa shape index (κ2) is 9.83. The number of allylic oxidation sites excluding steroid dienone is 2. The molecular formula is C13H26. The third-order valence-electron chi connectivity index (χ3n) is 2.66. The first-order valence-electron chi connectivity index (χ1n) is 6.00. The Hall–Kier alpha value is -0.260. The fourth-order valence-electron chi connectivity index (χ4n) is 1.35. The first-order chi connectivity index (χ1) is 6.35. The lowest BCUT2D eigenvalue weighted by Gasteiger charge is -2.22. The molecule has 0 amide bonds. The van der Waals surface area contributed by atoms with E-state index in [1.165, 1.54) is 44.9 Å². The van der Waals surface area contributed by atoms with E-state index in [1.54, 1.807) is 0 Å². The average Bonchev–Trinajstić information content (AvgIpc) is 2.05. The largest absolute Gasteiger partial charge is 0.0888 e. The van der Waals surface area contributed by atoms with Crippen molar-refractivity contribution < 1.29 is 0 Å². The highest BCUT2D eigenvalue weighted by molar-refractivity contribution is 4.78. The molecule has 0 spiro atoms. The fraction of sp³-hybridized carbons (Fsp3) is 0.846. The van der Waals surface area contributed by atoms with Gasteiger partial charge in [-0.25, -0.2) is 0 Å². The molecule has 0 unspecified atom stereocenters. The molecule has 1 fully saturated rings. The quantitative estimate of drug-likeness (QED) is 0.540. The van der Waals surface area contributed by atoms with Crippen LogP contribution >= 0.6 is 0 Å². The molecule has 1 aliphatic rings. The van der Waals surface area contributed by atoms with Crippen LogP contribution in [0, 0.1) is 5.92 Å². The van der Waals surface area contributed by atoms with Crippen molar-refractivity contribution in [2.24, 2.45) is 5.92 Å². The van der Waals surface area contributed by atoms with Crippen molar-refractivity contribution in [3.63, 3.8) is 0 Å². The lowest BCUT2D eigenvalue weighted by molar-refractivity contribution is 0.307. The van der Waals surface area contributed by atoms with Crippen LogP contribution in [0.5, 0.6) is 0 Å². The van der Waals surface area contributed by atoms with E-state index in [1.807, 2.05) is 0 Å².